The van der Waals surface area contributed by atoms with E-state index in [0.717, 1.165) is 12.8 Å². The zero-order valence-corrected chi connectivity index (χ0v) is 12.7. The zero-order chi connectivity index (χ0) is 15.7. The first-order chi connectivity index (χ1) is 10.1. The highest BCUT2D eigenvalue weighted by Gasteiger charge is 2.21. The first kappa shape index (κ1) is 17.2. The number of carbonyl (C=O) groups excluding carboxylic acids is 2. The number of nitrogens with zero attached hydrogens (tertiary/aromatic N) is 1. The Balaban J connectivity index is 2.61. The van der Waals surface area contributed by atoms with Crippen LogP contribution in [0.5, 0.6) is 0 Å². The van der Waals surface area contributed by atoms with Gasteiger partial charge in [0, 0.05) is 18.7 Å². The molecule has 2 amide bonds. The van der Waals surface area contributed by atoms with Crippen LogP contribution in [0.2, 0.25) is 0 Å². The fourth-order valence-electron chi connectivity index (χ4n) is 2.01. The van der Waals surface area contributed by atoms with Crippen LogP contribution < -0.4 is 5.32 Å². The first-order valence-electron chi connectivity index (χ1n) is 7.35. The van der Waals surface area contributed by atoms with Gasteiger partial charge in [-0.05, 0) is 25.5 Å². The number of aliphatic hydroxyl groups excluding tert-OH is 1. The summed E-state index contributed by atoms with van der Waals surface area (Å²) in [6.07, 6.45) is 1.85. The molecular weight excluding hydrogens is 268 g/mol. The summed E-state index contributed by atoms with van der Waals surface area (Å²) in [5.74, 6) is -0.433. The Hall–Kier alpha value is -1.88. The van der Waals surface area contributed by atoms with Crippen molar-refractivity contribution in [3.05, 3.63) is 35.9 Å². The number of nitrogens with one attached hydrogen (secondary N) is 1. The molecule has 5 heteroatoms. The van der Waals surface area contributed by atoms with Crippen LogP contribution in [0.25, 0.3) is 0 Å². The lowest BCUT2D eigenvalue weighted by atomic mass is 10.2. The van der Waals surface area contributed by atoms with Crippen molar-refractivity contribution in [1.29, 1.82) is 0 Å². The van der Waals surface area contributed by atoms with E-state index in [2.05, 4.69) is 5.32 Å². The summed E-state index contributed by atoms with van der Waals surface area (Å²) in [4.78, 5) is 25.9. The van der Waals surface area contributed by atoms with Gasteiger partial charge in [0.25, 0.3) is 5.91 Å². The topological polar surface area (TPSA) is 69.6 Å². The quantitative estimate of drug-likeness (QED) is 0.761. The number of hydrogen-bond donors (Lipinski definition) is 2. The van der Waals surface area contributed by atoms with Crippen LogP contribution in [0.15, 0.2) is 30.3 Å². The molecule has 116 valence electrons. The molecule has 1 atom stereocenters. The van der Waals surface area contributed by atoms with E-state index in [0.29, 0.717) is 18.7 Å². The van der Waals surface area contributed by atoms with Crippen molar-refractivity contribution in [3.8, 4) is 0 Å². The van der Waals surface area contributed by atoms with Crippen molar-refractivity contribution in [1.82, 2.24) is 10.2 Å². The van der Waals surface area contributed by atoms with E-state index in [1.165, 1.54) is 0 Å². The number of carbonyl (C=O) groups is 2. The summed E-state index contributed by atoms with van der Waals surface area (Å²) < 4.78 is 0. The number of unbranched alkanes of at least 4 members (excludes halogenated alkanes) is 1. The molecule has 1 aromatic rings. The van der Waals surface area contributed by atoms with Crippen LogP contribution in [0.1, 0.15) is 37.0 Å². The molecule has 0 fully saturated rings. The molecule has 0 spiro atoms. The summed E-state index contributed by atoms with van der Waals surface area (Å²) in [6, 6.07) is 8.19. The van der Waals surface area contributed by atoms with E-state index >= 15 is 0 Å². The summed E-state index contributed by atoms with van der Waals surface area (Å²) >= 11 is 0. The SMILES string of the molecule is CCCCN(CCO)C(=O)C(C)NC(=O)c1ccccc1. The molecule has 0 aliphatic heterocycles. The molecule has 1 aromatic carbocycles. The Morgan fingerprint density at radius 1 is 1.24 bits per heavy atom. The maximum atomic E-state index is 12.3. The number of hydrogen-bond acceptors (Lipinski definition) is 3. The lowest BCUT2D eigenvalue weighted by Gasteiger charge is -2.25. The third-order valence-electron chi connectivity index (χ3n) is 3.22. The molecule has 0 aliphatic rings. The average Bonchev–Trinajstić information content (AvgIpc) is 2.51. The Labute approximate surface area is 126 Å². The summed E-state index contributed by atoms with van der Waals surface area (Å²) in [5.41, 5.74) is 0.527. The molecular formula is C16H24N2O3. The highest BCUT2D eigenvalue weighted by atomic mass is 16.3. The molecule has 5 nitrogen and oxygen atoms in total. The maximum Gasteiger partial charge on any atom is 0.251 e. The van der Waals surface area contributed by atoms with Crippen molar-refractivity contribution in [2.75, 3.05) is 19.7 Å². The molecule has 0 aromatic heterocycles. The second-order valence-electron chi connectivity index (χ2n) is 4.96. The van der Waals surface area contributed by atoms with Gasteiger partial charge in [-0.1, -0.05) is 31.5 Å². The summed E-state index contributed by atoms with van der Waals surface area (Å²) in [6.45, 7) is 4.53. The number of benzene rings is 1. The van der Waals surface area contributed by atoms with Crippen molar-refractivity contribution in [2.24, 2.45) is 0 Å². The molecule has 0 bridgehead atoms. The Bertz CT molecular complexity index is 448. The van der Waals surface area contributed by atoms with Gasteiger partial charge in [0.2, 0.25) is 5.91 Å². The van der Waals surface area contributed by atoms with Crippen LogP contribution in [-0.2, 0) is 4.79 Å². The van der Waals surface area contributed by atoms with Gasteiger partial charge in [-0.25, -0.2) is 0 Å². The van der Waals surface area contributed by atoms with E-state index in [4.69, 9.17) is 5.11 Å². The average molecular weight is 292 g/mol. The van der Waals surface area contributed by atoms with Gasteiger partial charge < -0.3 is 15.3 Å². The second-order valence-corrected chi connectivity index (χ2v) is 4.96. The minimum absolute atomic E-state index is 0.0746. The Morgan fingerprint density at radius 3 is 2.48 bits per heavy atom. The van der Waals surface area contributed by atoms with Crippen molar-refractivity contribution in [2.45, 2.75) is 32.7 Å². The molecule has 1 rings (SSSR count). The largest absolute Gasteiger partial charge is 0.395 e. The lowest BCUT2D eigenvalue weighted by Crippen LogP contribution is -2.48. The van der Waals surface area contributed by atoms with Gasteiger partial charge in [-0.15, -0.1) is 0 Å². The third-order valence-corrected chi connectivity index (χ3v) is 3.22. The Morgan fingerprint density at radius 2 is 1.90 bits per heavy atom. The number of aliphatic hydroxyl groups is 1. The van der Waals surface area contributed by atoms with Gasteiger partial charge in [-0.2, -0.15) is 0 Å². The van der Waals surface area contributed by atoms with E-state index in [1.54, 1.807) is 36.1 Å². The Kier molecular flexibility index (Phi) is 7.46. The fraction of sp³-hybridized carbons (Fsp3) is 0.500. The molecule has 21 heavy (non-hydrogen) atoms. The summed E-state index contributed by atoms with van der Waals surface area (Å²) in [5, 5.41) is 11.7. The number of rotatable bonds is 8. The molecule has 0 radical (unpaired) electrons. The monoisotopic (exact) mass is 292 g/mol. The minimum Gasteiger partial charge on any atom is -0.395 e. The van der Waals surface area contributed by atoms with Gasteiger partial charge in [0.1, 0.15) is 6.04 Å². The summed E-state index contributed by atoms with van der Waals surface area (Å²) in [7, 11) is 0. The molecule has 0 saturated heterocycles. The first-order valence-corrected chi connectivity index (χ1v) is 7.35. The minimum atomic E-state index is -0.610. The van der Waals surface area contributed by atoms with Crippen LogP contribution in [-0.4, -0.2) is 47.6 Å². The predicted octanol–water partition coefficient (Wildman–Crippen LogP) is 1.43. The van der Waals surface area contributed by atoms with Gasteiger partial charge >= 0.3 is 0 Å². The van der Waals surface area contributed by atoms with E-state index in [-0.39, 0.29) is 18.4 Å². The van der Waals surface area contributed by atoms with Crippen molar-refractivity contribution < 1.29 is 14.7 Å². The third kappa shape index (κ3) is 5.55. The molecule has 2 N–H and O–H groups in total. The predicted molar refractivity (Wildman–Crippen MR) is 81.9 cm³/mol. The smallest absolute Gasteiger partial charge is 0.251 e. The van der Waals surface area contributed by atoms with Gasteiger partial charge in [-0.3, -0.25) is 9.59 Å². The van der Waals surface area contributed by atoms with E-state index < -0.39 is 6.04 Å². The van der Waals surface area contributed by atoms with Crippen LogP contribution in [0.4, 0.5) is 0 Å². The van der Waals surface area contributed by atoms with Gasteiger partial charge in [0.05, 0.1) is 6.61 Å². The molecule has 1 unspecified atom stereocenters. The molecule has 0 heterocycles. The van der Waals surface area contributed by atoms with E-state index in [1.807, 2.05) is 13.0 Å². The highest BCUT2D eigenvalue weighted by molar-refractivity contribution is 5.97. The number of amides is 2. The fourth-order valence-corrected chi connectivity index (χ4v) is 2.01. The standard InChI is InChI=1S/C16H24N2O3/c1-3-4-10-18(11-12-19)16(21)13(2)17-15(20)14-8-6-5-7-9-14/h5-9,13,19H,3-4,10-12H2,1-2H3,(H,17,20). The van der Waals surface area contributed by atoms with Gasteiger partial charge in [0.15, 0.2) is 0 Å². The molecule has 0 aliphatic carbocycles. The van der Waals surface area contributed by atoms with Crippen LogP contribution in [0.3, 0.4) is 0 Å². The van der Waals surface area contributed by atoms with Crippen molar-refractivity contribution in [3.63, 3.8) is 0 Å². The zero-order valence-electron chi connectivity index (χ0n) is 12.7. The highest BCUT2D eigenvalue weighted by Crippen LogP contribution is 2.02. The van der Waals surface area contributed by atoms with Crippen LogP contribution in [0, 0.1) is 0 Å². The molecule has 0 saturated carbocycles. The maximum absolute atomic E-state index is 12.3. The lowest BCUT2D eigenvalue weighted by molar-refractivity contribution is -0.133. The second kappa shape index (κ2) is 9.13. The van der Waals surface area contributed by atoms with Crippen LogP contribution >= 0.6 is 0 Å². The normalized spacial score (nSPS) is 11.8. The van der Waals surface area contributed by atoms with E-state index in [9.17, 15) is 9.59 Å². The van der Waals surface area contributed by atoms with Crippen molar-refractivity contribution >= 4 is 11.8 Å².